The van der Waals surface area contributed by atoms with Crippen molar-refractivity contribution < 1.29 is 85.8 Å². The first-order chi connectivity index (χ1) is 27.4. The molecule has 1 aliphatic heterocycles. The smallest absolute Gasteiger partial charge is 0.374 e. The van der Waals surface area contributed by atoms with Crippen molar-refractivity contribution in [2.24, 2.45) is 0 Å². The van der Waals surface area contributed by atoms with Gasteiger partial charge in [0.05, 0.1) is 33.0 Å². The maximum atomic E-state index is 13.2. The first-order valence-corrected chi connectivity index (χ1v) is 19.0. The molecule has 0 radical (unpaired) electrons. The first-order valence-electron chi connectivity index (χ1n) is 19.0. The number of carbonyl (C=O) groups is 9. The molecule has 0 saturated carbocycles. The second-order valence-electron chi connectivity index (χ2n) is 13.4. The summed E-state index contributed by atoms with van der Waals surface area (Å²) in [6.45, 7) is 15.5. The maximum absolute atomic E-state index is 13.2. The third-order valence-electron chi connectivity index (χ3n) is 7.82. The molecule has 1 fully saturated rings. The van der Waals surface area contributed by atoms with Gasteiger partial charge in [0.25, 0.3) is 0 Å². The number of unbranched alkanes of at least 4 members (excludes halogenated alkanes) is 4. The number of ether oxygens (including phenoxy) is 9. The monoisotopic (exact) mass is 824 g/mol. The summed E-state index contributed by atoms with van der Waals surface area (Å²) in [6, 6.07) is 0. The van der Waals surface area contributed by atoms with Crippen LogP contribution in [-0.4, -0.2) is 111 Å². The molecule has 58 heavy (non-hydrogen) atoms. The van der Waals surface area contributed by atoms with Crippen molar-refractivity contribution in [3.63, 3.8) is 0 Å². The lowest BCUT2D eigenvalue weighted by molar-refractivity contribution is -0.275. The van der Waals surface area contributed by atoms with Crippen molar-refractivity contribution in [2.45, 2.75) is 129 Å². The normalized spacial score (nSPS) is 17.0. The third-order valence-corrected chi connectivity index (χ3v) is 7.82. The highest BCUT2D eigenvalue weighted by atomic mass is 16.7. The lowest BCUT2D eigenvalue weighted by Gasteiger charge is -2.40. The maximum Gasteiger partial charge on any atom is 0.374 e. The van der Waals surface area contributed by atoms with Crippen LogP contribution >= 0.6 is 0 Å². The molecule has 0 amide bonds. The SMILES string of the molecule is C=C(C)C(=O)OCCCCC(=O)OC1OC[C@@H](OC(=O)CCCCOC(=O)C(=C)C)[C@H](OC(=O)CCCCOC(=O)C(=C)C)[C@H]1OC(=O)CCCCOC(=O)C(C)=O. The van der Waals surface area contributed by atoms with Crippen LogP contribution in [0.15, 0.2) is 36.5 Å². The quantitative estimate of drug-likeness (QED) is 0.0359. The van der Waals surface area contributed by atoms with Crippen LogP contribution in [0, 0.1) is 0 Å². The molecule has 1 aliphatic rings. The number of ketones is 1. The van der Waals surface area contributed by atoms with Crippen molar-refractivity contribution in [1.29, 1.82) is 0 Å². The highest BCUT2D eigenvalue weighted by Crippen LogP contribution is 2.27. The van der Waals surface area contributed by atoms with Crippen LogP contribution in [-0.2, 0) is 85.8 Å². The summed E-state index contributed by atoms with van der Waals surface area (Å²) >= 11 is 0. The van der Waals surface area contributed by atoms with Gasteiger partial charge in [-0.2, -0.15) is 0 Å². The Morgan fingerprint density at radius 3 is 1.14 bits per heavy atom. The Morgan fingerprint density at radius 2 is 0.776 bits per heavy atom. The van der Waals surface area contributed by atoms with E-state index in [1.54, 1.807) is 0 Å². The standard InChI is InChI=1S/C40H56O18/c1-25(2)36(46)50-20-12-8-16-30(42)55-29-24-54-40(58-33(45)19-11-14-22-52-38(48)27(5)6)35(57-32(44)18-10-15-23-53-39(49)28(7)41)34(29)56-31(43)17-9-13-21-51-37(47)26(3)4/h29,34-35,40H,1,3,5,8-24H2,2,4,6-7H3/t29-,34+,35-,40?/m1/s1. The molecule has 1 unspecified atom stereocenters. The summed E-state index contributed by atoms with van der Waals surface area (Å²) in [5.41, 5.74) is 0.650. The molecule has 18 heteroatoms. The molecule has 0 aromatic rings. The first kappa shape index (κ1) is 50.6. The van der Waals surface area contributed by atoms with E-state index in [2.05, 4.69) is 19.7 Å². The summed E-state index contributed by atoms with van der Waals surface area (Å²) < 4.78 is 48.2. The molecule has 0 aromatic carbocycles. The van der Waals surface area contributed by atoms with Crippen LogP contribution < -0.4 is 0 Å². The van der Waals surface area contributed by atoms with Gasteiger partial charge in [-0.3, -0.25) is 24.0 Å². The van der Waals surface area contributed by atoms with Gasteiger partial charge in [0.15, 0.2) is 12.2 Å². The Bertz CT molecular complexity index is 1390. The molecule has 1 rings (SSSR count). The van der Waals surface area contributed by atoms with Crippen molar-refractivity contribution in [3.8, 4) is 0 Å². The average molecular weight is 825 g/mol. The topological polar surface area (TPSA) is 237 Å². The van der Waals surface area contributed by atoms with Crippen LogP contribution in [0.3, 0.4) is 0 Å². The summed E-state index contributed by atoms with van der Waals surface area (Å²) in [6.07, 6.45) is -4.91. The van der Waals surface area contributed by atoms with E-state index in [-0.39, 0.29) is 107 Å². The Balaban J connectivity index is 3.15. The number of carbonyl (C=O) groups excluding carboxylic acids is 9. The summed E-state index contributed by atoms with van der Waals surface area (Å²) in [5, 5.41) is 0. The molecule has 324 valence electrons. The summed E-state index contributed by atoms with van der Waals surface area (Å²) in [4.78, 5) is 110. The summed E-state index contributed by atoms with van der Waals surface area (Å²) in [7, 11) is 0. The van der Waals surface area contributed by atoms with E-state index in [0.29, 0.717) is 12.8 Å². The van der Waals surface area contributed by atoms with Crippen LogP contribution in [0.2, 0.25) is 0 Å². The molecule has 18 nitrogen and oxygen atoms in total. The minimum atomic E-state index is -1.63. The van der Waals surface area contributed by atoms with Crippen LogP contribution in [0.4, 0.5) is 0 Å². The lowest BCUT2D eigenvalue weighted by Crippen LogP contribution is -2.58. The Morgan fingerprint density at radius 1 is 0.448 bits per heavy atom. The fraction of sp³-hybridized carbons (Fsp3) is 0.625. The molecular formula is C40H56O18. The van der Waals surface area contributed by atoms with Crippen LogP contribution in [0.25, 0.3) is 0 Å². The van der Waals surface area contributed by atoms with Gasteiger partial charge in [0, 0.05) is 49.3 Å². The van der Waals surface area contributed by atoms with Gasteiger partial charge < -0.3 is 42.6 Å². The largest absolute Gasteiger partial charge is 0.462 e. The fourth-order valence-electron chi connectivity index (χ4n) is 4.67. The van der Waals surface area contributed by atoms with Gasteiger partial charge in [0.1, 0.15) is 0 Å². The average Bonchev–Trinajstić information content (AvgIpc) is 3.15. The van der Waals surface area contributed by atoms with Gasteiger partial charge in [-0.25, -0.2) is 19.2 Å². The van der Waals surface area contributed by atoms with Gasteiger partial charge in [-0.1, -0.05) is 19.7 Å². The second kappa shape index (κ2) is 28.1. The Kier molecular flexibility index (Phi) is 24.5. The second-order valence-corrected chi connectivity index (χ2v) is 13.4. The van der Waals surface area contributed by atoms with E-state index in [0.717, 1.165) is 6.92 Å². The van der Waals surface area contributed by atoms with E-state index < -0.39 is 84.7 Å². The molecular weight excluding hydrogens is 768 g/mol. The van der Waals surface area contributed by atoms with Gasteiger partial charge in [-0.05, 0) is 72.1 Å². The third kappa shape index (κ3) is 21.8. The highest BCUT2D eigenvalue weighted by molar-refractivity contribution is 6.32. The molecule has 0 N–H and O–H groups in total. The van der Waals surface area contributed by atoms with E-state index in [1.807, 2.05) is 0 Å². The zero-order chi connectivity index (χ0) is 43.6. The zero-order valence-corrected chi connectivity index (χ0v) is 33.8. The van der Waals surface area contributed by atoms with Crippen LogP contribution in [0.5, 0.6) is 0 Å². The van der Waals surface area contributed by atoms with Crippen molar-refractivity contribution in [1.82, 2.24) is 0 Å². The van der Waals surface area contributed by atoms with Crippen molar-refractivity contribution in [2.75, 3.05) is 33.0 Å². The minimum absolute atomic E-state index is 0.00538. The number of rotatable bonds is 28. The molecule has 0 aliphatic carbocycles. The highest BCUT2D eigenvalue weighted by Gasteiger charge is 2.49. The number of hydrogen-bond acceptors (Lipinski definition) is 18. The van der Waals surface area contributed by atoms with E-state index in [9.17, 15) is 43.2 Å². The predicted octanol–water partition coefficient (Wildman–Crippen LogP) is 3.79. The molecule has 4 atom stereocenters. The molecule has 0 spiro atoms. The molecule has 1 saturated heterocycles. The fourth-order valence-corrected chi connectivity index (χ4v) is 4.67. The van der Waals surface area contributed by atoms with Crippen LogP contribution in [0.1, 0.15) is 105 Å². The van der Waals surface area contributed by atoms with E-state index in [4.69, 9.17) is 42.6 Å². The Hall–Kier alpha value is -5.39. The molecule has 0 aromatic heterocycles. The number of hydrogen-bond donors (Lipinski definition) is 0. The van der Waals surface area contributed by atoms with E-state index in [1.165, 1.54) is 20.8 Å². The van der Waals surface area contributed by atoms with Gasteiger partial charge >= 0.3 is 47.8 Å². The van der Waals surface area contributed by atoms with Gasteiger partial charge in [-0.15, -0.1) is 0 Å². The molecule has 0 bridgehead atoms. The Labute approximate surface area is 337 Å². The number of esters is 8. The zero-order valence-electron chi connectivity index (χ0n) is 33.8. The lowest BCUT2D eigenvalue weighted by atomic mass is 10.0. The summed E-state index contributed by atoms with van der Waals surface area (Å²) in [5.74, 6) is -6.74. The predicted molar refractivity (Wildman–Crippen MR) is 200 cm³/mol. The minimum Gasteiger partial charge on any atom is -0.462 e. The molecule has 1 heterocycles. The van der Waals surface area contributed by atoms with E-state index >= 15 is 0 Å². The van der Waals surface area contributed by atoms with Crippen molar-refractivity contribution >= 4 is 53.5 Å². The van der Waals surface area contributed by atoms with Gasteiger partial charge in [0.2, 0.25) is 18.2 Å². The van der Waals surface area contributed by atoms with Crippen molar-refractivity contribution in [3.05, 3.63) is 36.5 Å². The number of Topliss-reactive ketones (excluding diaryl/α,β-unsaturated/α-hetero) is 1.